The van der Waals surface area contributed by atoms with E-state index in [1.807, 2.05) is 0 Å². The molecular formula is C10H19FO3. The maximum atomic E-state index is 13.6. The summed E-state index contributed by atoms with van der Waals surface area (Å²) in [6.45, 7) is 6.60. The first-order valence-corrected chi connectivity index (χ1v) is 4.86. The minimum absolute atomic E-state index is 0.229. The van der Waals surface area contributed by atoms with E-state index in [4.69, 9.17) is 4.74 Å². The standard InChI is InChI=1S/C10H19FO3/c1-5-14-10(7(4)12)8(11)9(13)6(2)3/h6,8-10,13H,5H2,1-4H3. The number of alkyl halides is 1. The minimum Gasteiger partial charge on any atom is -0.390 e. The molecule has 0 radical (unpaired) electrons. The van der Waals surface area contributed by atoms with Gasteiger partial charge >= 0.3 is 0 Å². The quantitative estimate of drug-likeness (QED) is 0.713. The second-order valence-electron chi connectivity index (χ2n) is 3.67. The van der Waals surface area contributed by atoms with Crippen LogP contribution in [0.15, 0.2) is 0 Å². The Morgan fingerprint density at radius 2 is 2.00 bits per heavy atom. The Bertz CT molecular complexity index is 182. The molecule has 84 valence electrons. The van der Waals surface area contributed by atoms with E-state index in [1.54, 1.807) is 20.8 Å². The van der Waals surface area contributed by atoms with Crippen LogP contribution in [0.1, 0.15) is 27.7 Å². The SMILES string of the molecule is CCOC(C(C)=O)C(F)C(O)C(C)C. The predicted molar refractivity (Wildman–Crippen MR) is 51.8 cm³/mol. The van der Waals surface area contributed by atoms with Gasteiger partial charge in [-0.1, -0.05) is 13.8 Å². The number of rotatable bonds is 6. The van der Waals surface area contributed by atoms with Gasteiger partial charge in [-0.15, -0.1) is 0 Å². The van der Waals surface area contributed by atoms with Crippen molar-refractivity contribution < 1.29 is 19.0 Å². The van der Waals surface area contributed by atoms with Gasteiger partial charge in [0.15, 0.2) is 12.0 Å². The van der Waals surface area contributed by atoms with Gasteiger partial charge < -0.3 is 9.84 Å². The van der Waals surface area contributed by atoms with Crippen LogP contribution in [-0.2, 0) is 9.53 Å². The lowest BCUT2D eigenvalue weighted by Gasteiger charge is -2.25. The Kier molecular flexibility index (Phi) is 5.88. The van der Waals surface area contributed by atoms with Gasteiger partial charge in [-0.3, -0.25) is 4.79 Å². The zero-order valence-corrected chi connectivity index (χ0v) is 9.16. The van der Waals surface area contributed by atoms with Gasteiger partial charge in [-0.2, -0.15) is 0 Å². The molecule has 0 rings (SSSR count). The average Bonchev–Trinajstić information content (AvgIpc) is 2.11. The second-order valence-corrected chi connectivity index (χ2v) is 3.67. The summed E-state index contributed by atoms with van der Waals surface area (Å²) >= 11 is 0. The number of carbonyl (C=O) groups excluding carboxylic acids is 1. The van der Waals surface area contributed by atoms with Crippen LogP contribution >= 0.6 is 0 Å². The highest BCUT2D eigenvalue weighted by molar-refractivity contribution is 5.81. The van der Waals surface area contributed by atoms with Crippen LogP contribution in [0, 0.1) is 5.92 Å². The molecule has 0 saturated heterocycles. The number of carbonyl (C=O) groups is 1. The van der Waals surface area contributed by atoms with E-state index in [0.717, 1.165) is 0 Å². The Balaban J connectivity index is 4.42. The van der Waals surface area contributed by atoms with E-state index >= 15 is 0 Å². The first-order chi connectivity index (χ1) is 6.41. The maximum Gasteiger partial charge on any atom is 0.161 e. The lowest BCUT2D eigenvalue weighted by atomic mass is 9.97. The van der Waals surface area contributed by atoms with E-state index in [-0.39, 0.29) is 18.3 Å². The van der Waals surface area contributed by atoms with Gasteiger partial charge in [-0.25, -0.2) is 4.39 Å². The second kappa shape index (κ2) is 6.09. The number of hydrogen-bond acceptors (Lipinski definition) is 3. The first kappa shape index (κ1) is 13.5. The van der Waals surface area contributed by atoms with Gasteiger partial charge in [0.25, 0.3) is 0 Å². The lowest BCUT2D eigenvalue weighted by molar-refractivity contribution is -0.138. The van der Waals surface area contributed by atoms with Crippen LogP contribution in [0.2, 0.25) is 0 Å². The average molecular weight is 206 g/mol. The van der Waals surface area contributed by atoms with Crippen molar-refractivity contribution in [2.24, 2.45) is 5.92 Å². The monoisotopic (exact) mass is 206 g/mol. The third-order valence-corrected chi connectivity index (χ3v) is 2.05. The molecule has 0 aliphatic rings. The Hall–Kier alpha value is -0.480. The molecule has 0 aromatic carbocycles. The number of ether oxygens (including phenoxy) is 1. The van der Waals surface area contributed by atoms with Gasteiger partial charge in [-0.05, 0) is 19.8 Å². The van der Waals surface area contributed by atoms with E-state index < -0.39 is 18.4 Å². The summed E-state index contributed by atoms with van der Waals surface area (Å²) in [4.78, 5) is 11.0. The highest BCUT2D eigenvalue weighted by Crippen LogP contribution is 2.16. The molecule has 0 bridgehead atoms. The Morgan fingerprint density at radius 3 is 2.29 bits per heavy atom. The topological polar surface area (TPSA) is 46.5 Å². The molecule has 0 aromatic heterocycles. The van der Waals surface area contributed by atoms with Gasteiger partial charge in [0.1, 0.15) is 6.10 Å². The molecule has 3 unspecified atom stereocenters. The number of Topliss-reactive ketones (excluding diaryl/α,β-unsaturated/α-hetero) is 1. The molecular weight excluding hydrogens is 187 g/mol. The Labute approximate surface area is 84.3 Å². The van der Waals surface area contributed by atoms with Crippen LogP contribution in [0.5, 0.6) is 0 Å². The van der Waals surface area contributed by atoms with Crippen molar-refractivity contribution in [1.82, 2.24) is 0 Å². The largest absolute Gasteiger partial charge is 0.390 e. The van der Waals surface area contributed by atoms with E-state index in [1.165, 1.54) is 6.92 Å². The van der Waals surface area contributed by atoms with Crippen LogP contribution in [-0.4, -0.2) is 35.9 Å². The molecule has 3 atom stereocenters. The normalized spacial score (nSPS) is 17.9. The molecule has 0 heterocycles. The summed E-state index contributed by atoms with van der Waals surface area (Å²) < 4.78 is 18.5. The first-order valence-electron chi connectivity index (χ1n) is 4.86. The molecule has 14 heavy (non-hydrogen) atoms. The summed E-state index contributed by atoms with van der Waals surface area (Å²) in [7, 11) is 0. The van der Waals surface area contributed by atoms with Crippen LogP contribution < -0.4 is 0 Å². The fourth-order valence-corrected chi connectivity index (χ4v) is 1.16. The lowest BCUT2D eigenvalue weighted by Crippen LogP contribution is -2.42. The van der Waals surface area contributed by atoms with Crippen molar-refractivity contribution in [2.45, 2.75) is 46.1 Å². The molecule has 0 aliphatic heterocycles. The highest BCUT2D eigenvalue weighted by Gasteiger charge is 2.33. The summed E-state index contributed by atoms with van der Waals surface area (Å²) in [6, 6.07) is 0. The molecule has 0 fully saturated rings. The molecule has 0 aromatic rings. The van der Waals surface area contributed by atoms with Gasteiger partial charge in [0, 0.05) is 6.61 Å². The summed E-state index contributed by atoms with van der Waals surface area (Å²) in [5.41, 5.74) is 0. The molecule has 0 spiro atoms. The van der Waals surface area contributed by atoms with Crippen LogP contribution in [0.4, 0.5) is 4.39 Å². The molecule has 0 saturated carbocycles. The molecule has 0 aliphatic carbocycles. The van der Waals surface area contributed by atoms with Crippen molar-refractivity contribution in [3.8, 4) is 0 Å². The molecule has 4 heteroatoms. The van der Waals surface area contributed by atoms with Crippen molar-refractivity contribution in [3.63, 3.8) is 0 Å². The van der Waals surface area contributed by atoms with Crippen LogP contribution in [0.25, 0.3) is 0 Å². The van der Waals surface area contributed by atoms with Gasteiger partial charge in [0.05, 0.1) is 6.10 Å². The smallest absolute Gasteiger partial charge is 0.161 e. The molecule has 0 amide bonds. The number of ketones is 1. The Morgan fingerprint density at radius 1 is 1.50 bits per heavy atom. The third kappa shape index (κ3) is 3.72. The van der Waals surface area contributed by atoms with Crippen LogP contribution in [0.3, 0.4) is 0 Å². The fourth-order valence-electron chi connectivity index (χ4n) is 1.16. The van der Waals surface area contributed by atoms with Crippen molar-refractivity contribution in [2.75, 3.05) is 6.61 Å². The van der Waals surface area contributed by atoms with Crippen molar-refractivity contribution in [3.05, 3.63) is 0 Å². The summed E-state index contributed by atoms with van der Waals surface area (Å²) in [6.07, 6.45) is -3.94. The number of aliphatic hydroxyl groups excluding tert-OH is 1. The highest BCUT2D eigenvalue weighted by atomic mass is 19.1. The zero-order valence-electron chi connectivity index (χ0n) is 9.16. The fraction of sp³-hybridized carbons (Fsp3) is 0.900. The third-order valence-electron chi connectivity index (χ3n) is 2.05. The summed E-state index contributed by atoms with van der Waals surface area (Å²) in [5, 5.41) is 9.43. The minimum atomic E-state index is -1.65. The van der Waals surface area contributed by atoms with E-state index in [0.29, 0.717) is 0 Å². The summed E-state index contributed by atoms with van der Waals surface area (Å²) in [5.74, 6) is -0.619. The number of hydrogen-bond donors (Lipinski definition) is 1. The number of halogens is 1. The van der Waals surface area contributed by atoms with Crippen molar-refractivity contribution >= 4 is 5.78 Å². The number of aliphatic hydroxyl groups is 1. The van der Waals surface area contributed by atoms with Gasteiger partial charge in [0.2, 0.25) is 0 Å². The van der Waals surface area contributed by atoms with Crippen molar-refractivity contribution in [1.29, 1.82) is 0 Å². The van der Waals surface area contributed by atoms with E-state index in [2.05, 4.69) is 0 Å². The maximum absolute atomic E-state index is 13.6. The van der Waals surface area contributed by atoms with E-state index in [9.17, 15) is 14.3 Å². The molecule has 1 N–H and O–H groups in total. The zero-order chi connectivity index (χ0) is 11.3. The molecule has 3 nitrogen and oxygen atoms in total. The predicted octanol–water partition coefficient (Wildman–Crippen LogP) is 1.34.